The van der Waals surface area contributed by atoms with E-state index < -0.39 is 0 Å². The van der Waals surface area contributed by atoms with Gasteiger partial charge in [-0.1, -0.05) is 49.2 Å². The predicted octanol–water partition coefficient (Wildman–Crippen LogP) is 5.77. The lowest BCUT2D eigenvalue weighted by Gasteiger charge is -2.23. The zero-order valence-electron chi connectivity index (χ0n) is 14.8. The Labute approximate surface area is 159 Å². The minimum atomic E-state index is 0.116. The molecule has 0 aliphatic carbocycles. The van der Waals surface area contributed by atoms with Gasteiger partial charge in [0.1, 0.15) is 6.10 Å². The molecule has 1 aromatic heterocycles. The van der Waals surface area contributed by atoms with E-state index in [-0.39, 0.29) is 6.10 Å². The van der Waals surface area contributed by atoms with Gasteiger partial charge in [-0.3, -0.25) is 0 Å². The van der Waals surface area contributed by atoms with Crippen molar-refractivity contribution in [3.8, 4) is 5.88 Å². The van der Waals surface area contributed by atoms with E-state index in [1.165, 1.54) is 11.1 Å². The van der Waals surface area contributed by atoms with Gasteiger partial charge in [-0.05, 0) is 42.0 Å². The second kappa shape index (κ2) is 7.94. The van der Waals surface area contributed by atoms with E-state index in [1.54, 1.807) is 0 Å². The van der Waals surface area contributed by atoms with Gasteiger partial charge in [0, 0.05) is 18.2 Å². The van der Waals surface area contributed by atoms with Crippen LogP contribution >= 0.6 is 23.2 Å². The van der Waals surface area contributed by atoms with Crippen molar-refractivity contribution in [2.24, 2.45) is 0 Å². The molecule has 0 radical (unpaired) electrons. The smallest absolute Gasteiger partial charge is 0.213 e. The van der Waals surface area contributed by atoms with E-state index in [0.29, 0.717) is 34.4 Å². The standard InChI is InChI=1S/C20H23Cl2NO2/c1-12(15-4-6-18(21)19(22)10-15)13(2)17-5-7-20(23-14(17)3)25-16-8-9-24-11-16/h4-7,10,12-13,16H,8-9,11H2,1-3H3. The Hall–Kier alpha value is -1.29. The fourth-order valence-electron chi connectivity index (χ4n) is 3.23. The fraction of sp³-hybridized carbons (Fsp3) is 0.450. The van der Waals surface area contributed by atoms with Crippen LogP contribution in [0.3, 0.4) is 0 Å². The Balaban J connectivity index is 1.76. The molecule has 3 rings (SSSR count). The maximum atomic E-state index is 6.17. The summed E-state index contributed by atoms with van der Waals surface area (Å²) in [5.41, 5.74) is 3.38. The third-order valence-corrected chi connectivity index (χ3v) is 5.73. The average molecular weight is 380 g/mol. The molecule has 2 heterocycles. The molecule has 1 saturated heterocycles. The molecule has 3 nitrogen and oxygen atoms in total. The van der Waals surface area contributed by atoms with E-state index >= 15 is 0 Å². The number of hydrogen-bond donors (Lipinski definition) is 0. The number of pyridine rings is 1. The zero-order chi connectivity index (χ0) is 18.0. The first-order valence-electron chi connectivity index (χ1n) is 8.62. The zero-order valence-corrected chi connectivity index (χ0v) is 16.3. The number of hydrogen-bond acceptors (Lipinski definition) is 3. The summed E-state index contributed by atoms with van der Waals surface area (Å²) in [7, 11) is 0. The van der Waals surface area contributed by atoms with Gasteiger partial charge < -0.3 is 9.47 Å². The summed E-state index contributed by atoms with van der Waals surface area (Å²) in [6.07, 6.45) is 1.04. The van der Waals surface area contributed by atoms with Crippen LogP contribution in [0.15, 0.2) is 30.3 Å². The number of ether oxygens (including phenoxy) is 2. The quantitative estimate of drug-likeness (QED) is 0.660. The molecule has 0 spiro atoms. The third-order valence-electron chi connectivity index (χ3n) is 4.99. The number of rotatable bonds is 5. The number of benzene rings is 1. The van der Waals surface area contributed by atoms with Crippen molar-refractivity contribution in [1.82, 2.24) is 4.98 Å². The first-order valence-corrected chi connectivity index (χ1v) is 9.38. The van der Waals surface area contributed by atoms with Gasteiger partial charge in [0.2, 0.25) is 5.88 Å². The van der Waals surface area contributed by atoms with Crippen LogP contribution in [0.5, 0.6) is 5.88 Å². The Bertz CT molecular complexity index is 744. The maximum absolute atomic E-state index is 6.17. The van der Waals surface area contributed by atoms with Crippen LogP contribution in [0.1, 0.15) is 48.9 Å². The summed E-state index contributed by atoms with van der Waals surface area (Å²) in [5, 5.41) is 1.18. The molecule has 1 aliphatic heterocycles. The molecule has 5 heteroatoms. The number of aryl methyl sites for hydroxylation is 1. The largest absolute Gasteiger partial charge is 0.472 e. The van der Waals surface area contributed by atoms with Crippen molar-refractivity contribution < 1.29 is 9.47 Å². The highest BCUT2D eigenvalue weighted by Gasteiger charge is 2.21. The van der Waals surface area contributed by atoms with Crippen molar-refractivity contribution in [3.05, 3.63) is 57.2 Å². The molecule has 3 unspecified atom stereocenters. The SMILES string of the molecule is Cc1nc(OC2CCOC2)ccc1C(C)C(C)c1ccc(Cl)c(Cl)c1. The number of nitrogens with zero attached hydrogens (tertiary/aromatic N) is 1. The Morgan fingerprint density at radius 3 is 2.56 bits per heavy atom. The van der Waals surface area contributed by atoms with Crippen LogP contribution in [0.4, 0.5) is 0 Å². The van der Waals surface area contributed by atoms with Gasteiger partial charge in [-0.15, -0.1) is 0 Å². The Kier molecular flexibility index (Phi) is 5.88. The van der Waals surface area contributed by atoms with Gasteiger partial charge >= 0.3 is 0 Å². The van der Waals surface area contributed by atoms with E-state index in [0.717, 1.165) is 18.7 Å². The van der Waals surface area contributed by atoms with Gasteiger partial charge in [0.05, 0.1) is 23.3 Å². The normalized spacial score (nSPS) is 19.6. The molecule has 1 aliphatic rings. The van der Waals surface area contributed by atoms with Gasteiger partial charge in [0.15, 0.2) is 0 Å². The van der Waals surface area contributed by atoms with Crippen molar-refractivity contribution in [2.75, 3.05) is 13.2 Å². The molecule has 0 N–H and O–H groups in total. The first kappa shape index (κ1) is 18.5. The summed E-state index contributed by atoms with van der Waals surface area (Å²) >= 11 is 12.2. The number of aromatic nitrogens is 1. The molecule has 0 amide bonds. The molecule has 1 aromatic carbocycles. The third kappa shape index (κ3) is 4.28. The lowest BCUT2D eigenvalue weighted by Crippen LogP contribution is -2.17. The highest BCUT2D eigenvalue weighted by Crippen LogP contribution is 2.36. The summed E-state index contributed by atoms with van der Waals surface area (Å²) < 4.78 is 11.2. The molecular weight excluding hydrogens is 357 g/mol. The summed E-state index contributed by atoms with van der Waals surface area (Å²) in [5.74, 6) is 1.27. The van der Waals surface area contributed by atoms with Crippen molar-refractivity contribution in [1.29, 1.82) is 0 Å². The summed E-state index contributed by atoms with van der Waals surface area (Å²) in [6, 6.07) is 9.92. The molecule has 2 aromatic rings. The Morgan fingerprint density at radius 1 is 1.12 bits per heavy atom. The number of halogens is 2. The minimum Gasteiger partial charge on any atom is -0.472 e. The molecule has 25 heavy (non-hydrogen) atoms. The van der Waals surface area contributed by atoms with E-state index in [2.05, 4.69) is 24.9 Å². The van der Waals surface area contributed by atoms with E-state index in [1.807, 2.05) is 31.2 Å². The van der Waals surface area contributed by atoms with Gasteiger partial charge in [-0.2, -0.15) is 0 Å². The van der Waals surface area contributed by atoms with E-state index in [4.69, 9.17) is 32.7 Å². The van der Waals surface area contributed by atoms with Crippen LogP contribution in [-0.4, -0.2) is 24.3 Å². The highest BCUT2D eigenvalue weighted by atomic mass is 35.5. The van der Waals surface area contributed by atoms with Crippen LogP contribution < -0.4 is 4.74 Å². The van der Waals surface area contributed by atoms with Crippen molar-refractivity contribution >= 4 is 23.2 Å². The van der Waals surface area contributed by atoms with Crippen LogP contribution in [-0.2, 0) is 4.74 Å². The topological polar surface area (TPSA) is 31.4 Å². The van der Waals surface area contributed by atoms with Crippen molar-refractivity contribution in [2.45, 2.75) is 45.1 Å². The summed E-state index contributed by atoms with van der Waals surface area (Å²) in [6.45, 7) is 7.85. The second-order valence-electron chi connectivity index (χ2n) is 6.68. The molecule has 0 saturated carbocycles. The van der Waals surface area contributed by atoms with Crippen LogP contribution in [0.2, 0.25) is 10.0 Å². The minimum absolute atomic E-state index is 0.116. The second-order valence-corrected chi connectivity index (χ2v) is 7.49. The Morgan fingerprint density at radius 2 is 1.92 bits per heavy atom. The van der Waals surface area contributed by atoms with Crippen molar-refractivity contribution in [3.63, 3.8) is 0 Å². The lowest BCUT2D eigenvalue weighted by molar-refractivity contribution is 0.138. The van der Waals surface area contributed by atoms with Crippen LogP contribution in [0, 0.1) is 6.92 Å². The van der Waals surface area contributed by atoms with Crippen LogP contribution in [0.25, 0.3) is 0 Å². The van der Waals surface area contributed by atoms with Gasteiger partial charge in [0.25, 0.3) is 0 Å². The average Bonchev–Trinajstić information content (AvgIpc) is 3.09. The molecule has 1 fully saturated rings. The predicted molar refractivity (Wildman–Crippen MR) is 102 cm³/mol. The molecule has 3 atom stereocenters. The maximum Gasteiger partial charge on any atom is 0.213 e. The van der Waals surface area contributed by atoms with Gasteiger partial charge in [-0.25, -0.2) is 4.98 Å². The summed E-state index contributed by atoms with van der Waals surface area (Å²) in [4.78, 5) is 4.64. The molecule has 0 bridgehead atoms. The molecular formula is C20H23Cl2NO2. The first-order chi connectivity index (χ1) is 12.0. The highest BCUT2D eigenvalue weighted by molar-refractivity contribution is 6.42. The molecule has 134 valence electrons. The van der Waals surface area contributed by atoms with E-state index in [9.17, 15) is 0 Å². The monoisotopic (exact) mass is 379 g/mol. The lowest BCUT2D eigenvalue weighted by atomic mass is 9.83. The fourth-order valence-corrected chi connectivity index (χ4v) is 3.53.